The van der Waals surface area contributed by atoms with Crippen LogP contribution in [0.4, 0.5) is 0 Å². The highest BCUT2D eigenvalue weighted by atomic mass is 16.7. The molecule has 246 valence electrons. The minimum Gasteiger partial charge on any atom is -0.459 e. The predicted molar refractivity (Wildman–Crippen MR) is 179 cm³/mol. The molecule has 0 bridgehead atoms. The normalized spacial score (nSPS) is 18.5. The lowest BCUT2D eigenvalue weighted by molar-refractivity contribution is -0.0640. The predicted octanol–water partition coefficient (Wildman–Crippen LogP) is 4.91. The van der Waals surface area contributed by atoms with Crippen molar-refractivity contribution in [2.45, 2.75) is 24.5 Å². The van der Waals surface area contributed by atoms with Crippen molar-refractivity contribution in [2.24, 2.45) is 0 Å². The van der Waals surface area contributed by atoms with Gasteiger partial charge in [-0.3, -0.25) is 14.3 Å². The second kappa shape index (κ2) is 15.1. The van der Waals surface area contributed by atoms with Crippen molar-refractivity contribution in [3.05, 3.63) is 176 Å². The molecule has 4 aromatic carbocycles. The molecule has 0 saturated carbocycles. The molecule has 1 N–H and O–H groups in total. The van der Waals surface area contributed by atoms with E-state index in [-0.39, 0.29) is 22.3 Å². The minimum absolute atomic E-state index is 0.0944. The molecule has 6 rings (SSSR count). The summed E-state index contributed by atoms with van der Waals surface area (Å²) in [7, 11) is 0. The Kier molecular flexibility index (Phi) is 10.0. The lowest BCUT2D eigenvalue weighted by atomic mass is 10.1. The van der Waals surface area contributed by atoms with Crippen LogP contribution in [0.15, 0.2) is 137 Å². The van der Waals surface area contributed by atoms with E-state index in [2.05, 4.69) is 4.98 Å². The van der Waals surface area contributed by atoms with E-state index in [9.17, 15) is 24.0 Å². The van der Waals surface area contributed by atoms with Crippen LogP contribution in [0.25, 0.3) is 12.2 Å². The van der Waals surface area contributed by atoms with Crippen molar-refractivity contribution in [3.63, 3.8) is 0 Å². The fourth-order valence-corrected chi connectivity index (χ4v) is 5.24. The molecule has 0 amide bonds. The fourth-order valence-electron chi connectivity index (χ4n) is 5.24. The van der Waals surface area contributed by atoms with Crippen LogP contribution in [0.1, 0.15) is 48.4 Å². The van der Waals surface area contributed by atoms with Crippen molar-refractivity contribution in [1.82, 2.24) is 9.55 Å². The second-order valence-corrected chi connectivity index (χ2v) is 11.0. The van der Waals surface area contributed by atoms with Crippen LogP contribution in [0.2, 0.25) is 0 Å². The summed E-state index contributed by atoms with van der Waals surface area (Å²) in [4.78, 5) is 68.2. The molecule has 49 heavy (non-hydrogen) atoms. The number of ether oxygens (including phenoxy) is 4. The van der Waals surface area contributed by atoms with Gasteiger partial charge in [-0.05, 0) is 48.0 Å². The third-order valence-corrected chi connectivity index (χ3v) is 7.70. The first-order valence-electron chi connectivity index (χ1n) is 15.4. The van der Waals surface area contributed by atoms with Crippen molar-refractivity contribution >= 4 is 30.1 Å². The Morgan fingerprint density at radius 2 is 1.14 bits per heavy atom. The van der Waals surface area contributed by atoms with Crippen LogP contribution in [0.3, 0.4) is 0 Å². The zero-order chi connectivity index (χ0) is 34.2. The number of aromatic nitrogens is 2. The number of carbonyl (C=O) groups is 3. The van der Waals surface area contributed by atoms with Gasteiger partial charge in [0.15, 0.2) is 18.4 Å². The SMILES string of the molecule is O=C(OC[C@H]1O[C@@H](n2cc(/C=C/c3ccccc3)c(=O)[nH]c2=O)[C@H](OC(=O)c2ccccc2)[C@@H]1OC(=O)c1ccccc1)c1ccccc1. The molecule has 1 aliphatic heterocycles. The quantitative estimate of drug-likeness (QED) is 0.164. The first kappa shape index (κ1) is 32.6. The van der Waals surface area contributed by atoms with Crippen LogP contribution in [-0.4, -0.2) is 52.4 Å². The average molecular weight is 659 g/mol. The van der Waals surface area contributed by atoms with Crippen molar-refractivity contribution in [3.8, 4) is 0 Å². The number of rotatable bonds is 10. The fraction of sp³-hybridized carbons (Fsp3) is 0.132. The highest BCUT2D eigenvalue weighted by Crippen LogP contribution is 2.35. The van der Waals surface area contributed by atoms with Crippen molar-refractivity contribution in [1.29, 1.82) is 0 Å². The third kappa shape index (κ3) is 7.80. The van der Waals surface area contributed by atoms with Gasteiger partial charge in [0.2, 0.25) is 0 Å². The molecular weight excluding hydrogens is 628 g/mol. The van der Waals surface area contributed by atoms with Gasteiger partial charge in [-0.15, -0.1) is 0 Å². The van der Waals surface area contributed by atoms with E-state index < -0.39 is 60.3 Å². The molecule has 0 radical (unpaired) electrons. The molecular formula is C38H30N2O9. The monoisotopic (exact) mass is 658 g/mol. The number of aromatic amines is 1. The largest absolute Gasteiger partial charge is 0.459 e. The summed E-state index contributed by atoms with van der Waals surface area (Å²) in [6, 6.07) is 33.7. The average Bonchev–Trinajstić information content (AvgIpc) is 3.47. The second-order valence-electron chi connectivity index (χ2n) is 11.0. The molecule has 4 atom stereocenters. The van der Waals surface area contributed by atoms with E-state index in [4.69, 9.17) is 18.9 Å². The van der Waals surface area contributed by atoms with Gasteiger partial charge < -0.3 is 18.9 Å². The molecule has 11 nitrogen and oxygen atoms in total. The maximum absolute atomic E-state index is 13.4. The summed E-state index contributed by atoms with van der Waals surface area (Å²) in [5.41, 5.74) is 0.0277. The Morgan fingerprint density at radius 3 is 1.69 bits per heavy atom. The van der Waals surface area contributed by atoms with Gasteiger partial charge >= 0.3 is 23.6 Å². The van der Waals surface area contributed by atoms with Crippen LogP contribution < -0.4 is 11.2 Å². The van der Waals surface area contributed by atoms with Crippen LogP contribution >= 0.6 is 0 Å². The van der Waals surface area contributed by atoms with Gasteiger partial charge in [0.1, 0.15) is 12.7 Å². The maximum atomic E-state index is 13.4. The van der Waals surface area contributed by atoms with Crippen molar-refractivity contribution in [2.75, 3.05) is 6.61 Å². The standard InChI is InChI=1S/C38H30N2O9/c41-33-29(22-21-25-13-5-1-6-14-25)23-40(38(45)39-33)34-32(49-37(44)28-19-11-4-12-20-28)31(48-36(43)27-17-9-3-10-18-27)30(47-34)24-46-35(42)26-15-7-2-8-16-26/h1-23,30-32,34H,24H2,(H,39,41,45)/b22-21+/t30-,31-,32-,34-/m1/s1. The number of nitrogens with one attached hydrogen (secondary N) is 1. The van der Waals surface area contributed by atoms with E-state index in [0.29, 0.717) is 0 Å². The van der Waals surface area contributed by atoms with Crippen molar-refractivity contribution < 1.29 is 33.3 Å². The Morgan fingerprint density at radius 1 is 0.653 bits per heavy atom. The summed E-state index contributed by atoms with van der Waals surface area (Å²) in [6.07, 6.45) is -0.945. The highest BCUT2D eigenvalue weighted by Gasteiger charge is 2.51. The number of nitrogens with zero attached hydrogens (tertiary/aromatic N) is 1. The van der Waals surface area contributed by atoms with Crippen LogP contribution in [-0.2, 0) is 18.9 Å². The summed E-state index contributed by atoms with van der Waals surface area (Å²) < 4.78 is 24.7. The molecule has 1 fully saturated rings. The summed E-state index contributed by atoms with van der Waals surface area (Å²) in [6.45, 7) is -0.435. The van der Waals surface area contributed by atoms with Gasteiger partial charge in [0.25, 0.3) is 5.56 Å². The van der Waals surface area contributed by atoms with Gasteiger partial charge in [-0.2, -0.15) is 0 Å². The van der Waals surface area contributed by atoms with Gasteiger partial charge in [-0.1, -0.05) is 91.0 Å². The lowest BCUT2D eigenvalue weighted by Gasteiger charge is -2.25. The summed E-state index contributed by atoms with van der Waals surface area (Å²) >= 11 is 0. The van der Waals surface area contributed by atoms with E-state index in [1.54, 1.807) is 84.9 Å². The van der Waals surface area contributed by atoms with E-state index >= 15 is 0 Å². The van der Waals surface area contributed by atoms with Gasteiger partial charge in [-0.25, -0.2) is 19.2 Å². The molecule has 2 heterocycles. The molecule has 0 unspecified atom stereocenters. The number of hydrogen-bond acceptors (Lipinski definition) is 9. The molecule has 0 spiro atoms. The maximum Gasteiger partial charge on any atom is 0.338 e. The minimum atomic E-state index is -1.43. The molecule has 1 aliphatic rings. The zero-order valence-corrected chi connectivity index (χ0v) is 25.9. The number of hydrogen-bond donors (Lipinski definition) is 1. The summed E-state index contributed by atoms with van der Waals surface area (Å²) in [5, 5.41) is 0. The molecule has 1 saturated heterocycles. The number of H-pyrrole nitrogens is 1. The number of benzene rings is 4. The Balaban J connectivity index is 1.39. The van der Waals surface area contributed by atoms with Crippen LogP contribution in [0, 0.1) is 0 Å². The van der Waals surface area contributed by atoms with E-state index in [0.717, 1.165) is 10.1 Å². The Bertz CT molecular complexity index is 2060. The third-order valence-electron chi connectivity index (χ3n) is 7.70. The Labute approximate surface area is 280 Å². The first-order valence-corrected chi connectivity index (χ1v) is 15.4. The molecule has 11 heteroatoms. The van der Waals surface area contributed by atoms with E-state index in [1.807, 2.05) is 30.3 Å². The number of esters is 3. The topological polar surface area (TPSA) is 143 Å². The summed E-state index contributed by atoms with van der Waals surface area (Å²) in [5.74, 6) is -2.23. The van der Waals surface area contributed by atoms with E-state index in [1.165, 1.54) is 24.4 Å². The zero-order valence-electron chi connectivity index (χ0n) is 25.9. The molecule has 5 aromatic rings. The molecule has 0 aliphatic carbocycles. The van der Waals surface area contributed by atoms with Gasteiger partial charge in [0, 0.05) is 6.20 Å². The lowest BCUT2D eigenvalue weighted by Crippen LogP contribution is -2.43. The van der Waals surface area contributed by atoms with Gasteiger partial charge in [0.05, 0.1) is 22.3 Å². The Hall–Kier alpha value is -6.33. The number of carbonyl (C=O) groups excluding carboxylic acids is 3. The van der Waals surface area contributed by atoms with Crippen LogP contribution in [0.5, 0.6) is 0 Å². The molecule has 1 aromatic heterocycles. The highest BCUT2D eigenvalue weighted by molar-refractivity contribution is 5.91. The first-order chi connectivity index (χ1) is 23.9. The smallest absolute Gasteiger partial charge is 0.338 e.